The van der Waals surface area contributed by atoms with Crippen molar-refractivity contribution in [2.75, 3.05) is 26.2 Å². The van der Waals surface area contributed by atoms with Gasteiger partial charge < -0.3 is 9.80 Å². The van der Waals surface area contributed by atoms with Crippen molar-refractivity contribution in [1.29, 1.82) is 0 Å². The van der Waals surface area contributed by atoms with Crippen LogP contribution in [-0.2, 0) is 4.79 Å². The SMILES string of the molecule is CCC(=O)N1CCN(C(=O)c2ccc(Cl)c(Cl)c2)CC1. The van der Waals surface area contributed by atoms with E-state index >= 15 is 0 Å². The van der Waals surface area contributed by atoms with Crippen LogP contribution in [0.3, 0.4) is 0 Å². The molecule has 0 spiro atoms. The molecular formula is C14H16Cl2N2O2. The number of piperazine rings is 1. The maximum Gasteiger partial charge on any atom is 0.254 e. The fourth-order valence-electron chi connectivity index (χ4n) is 2.19. The number of carbonyl (C=O) groups excluding carboxylic acids is 2. The predicted molar refractivity (Wildman–Crippen MR) is 79.2 cm³/mol. The van der Waals surface area contributed by atoms with E-state index in [4.69, 9.17) is 23.2 Å². The number of rotatable bonds is 2. The molecule has 20 heavy (non-hydrogen) atoms. The summed E-state index contributed by atoms with van der Waals surface area (Å²) in [7, 11) is 0. The Morgan fingerprint density at radius 2 is 1.65 bits per heavy atom. The molecule has 1 aliphatic rings. The molecule has 4 nitrogen and oxygen atoms in total. The van der Waals surface area contributed by atoms with E-state index in [-0.39, 0.29) is 11.8 Å². The Bertz CT molecular complexity index is 526. The normalized spacial score (nSPS) is 15.3. The molecule has 0 atom stereocenters. The van der Waals surface area contributed by atoms with E-state index in [0.29, 0.717) is 48.2 Å². The first-order valence-corrected chi connectivity index (χ1v) is 7.30. The quantitative estimate of drug-likeness (QED) is 0.842. The average Bonchev–Trinajstić information content (AvgIpc) is 2.48. The molecular weight excluding hydrogens is 299 g/mol. The van der Waals surface area contributed by atoms with E-state index in [9.17, 15) is 9.59 Å². The molecule has 0 saturated carbocycles. The van der Waals surface area contributed by atoms with Gasteiger partial charge in [-0.1, -0.05) is 30.1 Å². The molecule has 0 aromatic heterocycles. The van der Waals surface area contributed by atoms with Gasteiger partial charge in [0.2, 0.25) is 5.91 Å². The zero-order chi connectivity index (χ0) is 14.7. The van der Waals surface area contributed by atoms with E-state index in [1.165, 1.54) is 0 Å². The summed E-state index contributed by atoms with van der Waals surface area (Å²) in [6, 6.07) is 4.86. The van der Waals surface area contributed by atoms with Crippen LogP contribution in [0.4, 0.5) is 0 Å². The van der Waals surface area contributed by atoms with Gasteiger partial charge in [-0.2, -0.15) is 0 Å². The van der Waals surface area contributed by atoms with Crippen LogP contribution in [0.1, 0.15) is 23.7 Å². The number of carbonyl (C=O) groups is 2. The lowest BCUT2D eigenvalue weighted by molar-refractivity contribution is -0.132. The molecule has 1 aromatic rings. The number of amides is 2. The highest BCUT2D eigenvalue weighted by atomic mass is 35.5. The van der Waals surface area contributed by atoms with Crippen LogP contribution >= 0.6 is 23.2 Å². The highest BCUT2D eigenvalue weighted by molar-refractivity contribution is 6.42. The van der Waals surface area contributed by atoms with Crippen LogP contribution in [-0.4, -0.2) is 47.8 Å². The van der Waals surface area contributed by atoms with Crippen molar-refractivity contribution >= 4 is 35.0 Å². The molecule has 6 heteroatoms. The van der Waals surface area contributed by atoms with Crippen LogP contribution in [0.2, 0.25) is 10.0 Å². The van der Waals surface area contributed by atoms with Crippen molar-refractivity contribution in [3.05, 3.63) is 33.8 Å². The molecule has 1 fully saturated rings. The second kappa shape index (κ2) is 6.46. The summed E-state index contributed by atoms with van der Waals surface area (Å²) in [6.07, 6.45) is 0.501. The van der Waals surface area contributed by atoms with Gasteiger partial charge >= 0.3 is 0 Å². The highest BCUT2D eigenvalue weighted by Gasteiger charge is 2.24. The van der Waals surface area contributed by atoms with Gasteiger partial charge in [-0.05, 0) is 18.2 Å². The summed E-state index contributed by atoms with van der Waals surface area (Å²) in [5.41, 5.74) is 0.523. The standard InChI is InChI=1S/C14H16Cl2N2O2/c1-2-13(19)17-5-7-18(8-6-17)14(20)10-3-4-11(15)12(16)9-10/h3-4,9H,2,5-8H2,1H3. The maximum absolute atomic E-state index is 12.3. The molecule has 0 bridgehead atoms. The van der Waals surface area contributed by atoms with Crippen LogP contribution in [0, 0.1) is 0 Å². The molecule has 2 amide bonds. The predicted octanol–water partition coefficient (Wildman–Crippen LogP) is 2.69. The fraction of sp³-hybridized carbons (Fsp3) is 0.429. The van der Waals surface area contributed by atoms with Gasteiger partial charge in [-0.15, -0.1) is 0 Å². The Kier molecular flexibility index (Phi) is 4.89. The number of hydrogen-bond acceptors (Lipinski definition) is 2. The first kappa shape index (κ1) is 15.1. The van der Waals surface area contributed by atoms with Crippen molar-refractivity contribution in [1.82, 2.24) is 9.80 Å². The molecule has 108 valence electrons. The third-order valence-corrected chi connectivity index (χ3v) is 4.13. The van der Waals surface area contributed by atoms with Gasteiger partial charge in [0.15, 0.2) is 0 Å². The number of benzene rings is 1. The Labute approximate surface area is 128 Å². The average molecular weight is 315 g/mol. The molecule has 0 radical (unpaired) electrons. The van der Waals surface area contributed by atoms with Gasteiger partial charge in [0, 0.05) is 38.2 Å². The van der Waals surface area contributed by atoms with Gasteiger partial charge in [0.1, 0.15) is 0 Å². The second-order valence-corrected chi connectivity index (χ2v) is 5.47. The highest BCUT2D eigenvalue weighted by Crippen LogP contribution is 2.23. The molecule has 2 rings (SSSR count). The fourth-order valence-corrected chi connectivity index (χ4v) is 2.49. The summed E-state index contributed by atoms with van der Waals surface area (Å²) in [5, 5.41) is 0.805. The molecule has 1 aliphatic heterocycles. The molecule has 1 aromatic carbocycles. The van der Waals surface area contributed by atoms with Crippen molar-refractivity contribution in [3.8, 4) is 0 Å². The molecule has 1 heterocycles. The lowest BCUT2D eigenvalue weighted by Crippen LogP contribution is -2.50. The third kappa shape index (κ3) is 3.25. The molecule has 0 aliphatic carbocycles. The summed E-state index contributed by atoms with van der Waals surface area (Å²) >= 11 is 11.8. The molecule has 0 N–H and O–H groups in total. The van der Waals surface area contributed by atoms with Crippen LogP contribution < -0.4 is 0 Å². The van der Waals surface area contributed by atoms with E-state index in [1.807, 2.05) is 6.92 Å². The lowest BCUT2D eigenvalue weighted by atomic mass is 10.2. The maximum atomic E-state index is 12.3. The smallest absolute Gasteiger partial charge is 0.254 e. The Morgan fingerprint density at radius 1 is 1.05 bits per heavy atom. The lowest BCUT2D eigenvalue weighted by Gasteiger charge is -2.34. The van der Waals surface area contributed by atoms with Gasteiger partial charge in [0.25, 0.3) is 5.91 Å². The number of halogens is 2. The van der Waals surface area contributed by atoms with Gasteiger partial charge in [-0.25, -0.2) is 0 Å². The van der Waals surface area contributed by atoms with E-state index < -0.39 is 0 Å². The summed E-state index contributed by atoms with van der Waals surface area (Å²) in [6.45, 7) is 4.10. The van der Waals surface area contributed by atoms with Crippen molar-refractivity contribution in [2.24, 2.45) is 0 Å². The van der Waals surface area contributed by atoms with E-state index in [1.54, 1.807) is 28.0 Å². The van der Waals surface area contributed by atoms with Gasteiger partial charge in [-0.3, -0.25) is 9.59 Å². The largest absolute Gasteiger partial charge is 0.339 e. The molecule has 0 unspecified atom stereocenters. The van der Waals surface area contributed by atoms with Gasteiger partial charge in [0.05, 0.1) is 10.0 Å². The first-order chi connectivity index (χ1) is 9.52. The topological polar surface area (TPSA) is 40.6 Å². The first-order valence-electron chi connectivity index (χ1n) is 6.55. The zero-order valence-corrected chi connectivity index (χ0v) is 12.7. The number of hydrogen-bond donors (Lipinski definition) is 0. The third-order valence-electron chi connectivity index (χ3n) is 3.39. The van der Waals surface area contributed by atoms with Crippen LogP contribution in [0.25, 0.3) is 0 Å². The van der Waals surface area contributed by atoms with E-state index in [2.05, 4.69) is 0 Å². The summed E-state index contributed by atoms with van der Waals surface area (Å²) in [4.78, 5) is 27.4. The Morgan fingerprint density at radius 3 is 2.20 bits per heavy atom. The monoisotopic (exact) mass is 314 g/mol. The van der Waals surface area contributed by atoms with E-state index in [0.717, 1.165) is 0 Å². The van der Waals surface area contributed by atoms with Crippen LogP contribution in [0.15, 0.2) is 18.2 Å². The Hall–Kier alpha value is -1.26. The molecule has 1 saturated heterocycles. The number of nitrogens with zero attached hydrogens (tertiary/aromatic N) is 2. The second-order valence-electron chi connectivity index (χ2n) is 4.66. The van der Waals surface area contributed by atoms with Crippen molar-refractivity contribution in [3.63, 3.8) is 0 Å². The minimum Gasteiger partial charge on any atom is -0.339 e. The van der Waals surface area contributed by atoms with Crippen molar-refractivity contribution in [2.45, 2.75) is 13.3 Å². The van der Waals surface area contributed by atoms with Crippen LogP contribution in [0.5, 0.6) is 0 Å². The minimum absolute atomic E-state index is 0.0767. The summed E-state index contributed by atoms with van der Waals surface area (Å²) in [5.74, 6) is 0.0544. The Balaban J connectivity index is 2.01. The van der Waals surface area contributed by atoms with Crippen molar-refractivity contribution < 1.29 is 9.59 Å². The summed E-state index contributed by atoms with van der Waals surface area (Å²) < 4.78 is 0. The zero-order valence-electron chi connectivity index (χ0n) is 11.2. The minimum atomic E-state index is -0.0767.